The fourth-order valence-corrected chi connectivity index (χ4v) is 9.91. The average Bonchev–Trinajstić information content (AvgIpc) is 3.88. The highest BCUT2D eigenvalue weighted by molar-refractivity contribution is 7.87. The molecule has 0 saturated heterocycles. The van der Waals surface area contributed by atoms with Crippen LogP contribution in [0.15, 0.2) is 93.3 Å². The zero-order valence-corrected chi connectivity index (χ0v) is 47.8. The van der Waals surface area contributed by atoms with Crippen molar-refractivity contribution in [1.82, 2.24) is 39.5 Å². The minimum Gasteiger partial charge on any atom is -0.501 e. The lowest BCUT2D eigenvalue weighted by Crippen LogP contribution is -2.42. The SMILES string of the molecule is CCN(C(=O)OC(C)(C)C)C1CC[C@H](OC)Cn2c1nc(C(=O)NCc1ccc(F)cc1)c(O)c2=O.CCN(C(=O)OC(C)(C)C)C1CC[C@H](OC)Cn2c1nc(C(=O)NCc1ccc(F)cc1)c(OS(=O)(=O)c1ccccc1)c2=O. The van der Waals surface area contributed by atoms with Gasteiger partial charge in [0, 0.05) is 40.4 Å². The van der Waals surface area contributed by atoms with Crippen molar-refractivity contribution in [2.24, 2.45) is 0 Å². The first-order valence-corrected chi connectivity index (χ1v) is 27.7. The summed E-state index contributed by atoms with van der Waals surface area (Å²) in [5.74, 6) is -3.96. The average molecular weight is 1150 g/mol. The number of aromatic hydroxyl groups is 1. The number of hydrogen-bond acceptors (Lipinski definition) is 16. The van der Waals surface area contributed by atoms with Crippen molar-refractivity contribution in [1.29, 1.82) is 0 Å². The van der Waals surface area contributed by atoms with Crippen molar-refractivity contribution in [2.75, 3.05) is 27.3 Å². The van der Waals surface area contributed by atoms with E-state index in [0.717, 1.165) is 0 Å². The lowest BCUT2D eigenvalue weighted by molar-refractivity contribution is 0.0130. The van der Waals surface area contributed by atoms with E-state index in [1.165, 1.54) is 106 Å². The van der Waals surface area contributed by atoms with Gasteiger partial charge in [-0.3, -0.25) is 38.1 Å². The van der Waals surface area contributed by atoms with Crippen molar-refractivity contribution in [2.45, 2.75) is 148 Å². The second-order valence-electron chi connectivity index (χ2n) is 21.0. The van der Waals surface area contributed by atoms with Crippen molar-refractivity contribution in [3.63, 3.8) is 0 Å². The molecule has 4 atom stereocenters. The summed E-state index contributed by atoms with van der Waals surface area (Å²) in [6.45, 7) is 14.4. The summed E-state index contributed by atoms with van der Waals surface area (Å²) in [7, 11) is -1.58. The molecule has 4 amide bonds. The second-order valence-corrected chi connectivity index (χ2v) is 22.6. The summed E-state index contributed by atoms with van der Waals surface area (Å²) < 4.78 is 83.2. The second kappa shape index (κ2) is 26.7. The molecular weight excluding hydrogens is 1080 g/mol. The Bertz CT molecular complexity index is 3280. The third-order valence-corrected chi connectivity index (χ3v) is 14.2. The minimum absolute atomic E-state index is 0.0345. The molecule has 2 unspecified atom stereocenters. The quantitative estimate of drug-likeness (QED) is 0.0867. The number of rotatable bonds is 15. The van der Waals surface area contributed by atoms with Crippen LogP contribution in [-0.2, 0) is 55.2 Å². The maximum Gasteiger partial charge on any atom is 0.410 e. The molecule has 4 heterocycles. The van der Waals surface area contributed by atoms with Gasteiger partial charge in [-0.2, -0.15) is 8.42 Å². The van der Waals surface area contributed by atoms with Gasteiger partial charge in [0.25, 0.3) is 22.9 Å². The fourth-order valence-electron chi connectivity index (χ4n) is 8.95. The normalized spacial score (nSPS) is 17.1. The molecule has 5 aromatic rings. The number of aromatic nitrogens is 4. The van der Waals surface area contributed by atoms with Gasteiger partial charge in [-0.25, -0.2) is 28.3 Å². The van der Waals surface area contributed by atoms with E-state index in [2.05, 4.69) is 20.6 Å². The maximum atomic E-state index is 14.2. The number of hydrogen-bond donors (Lipinski definition) is 3. The first-order valence-electron chi connectivity index (χ1n) is 26.3. The molecule has 0 saturated carbocycles. The topological polar surface area (TPSA) is 269 Å². The van der Waals surface area contributed by atoms with Crippen molar-refractivity contribution >= 4 is 34.1 Å². The molecule has 438 valence electrons. The molecule has 3 N–H and O–H groups in total. The molecule has 2 aliphatic heterocycles. The molecule has 22 nitrogen and oxygen atoms in total. The van der Waals surface area contributed by atoms with Crippen LogP contribution in [0.1, 0.15) is 137 Å². The van der Waals surface area contributed by atoms with Crippen LogP contribution in [0.5, 0.6) is 11.5 Å². The van der Waals surface area contributed by atoms with E-state index in [1.807, 2.05) is 0 Å². The van der Waals surface area contributed by atoms with E-state index in [9.17, 15) is 51.1 Å². The predicted octanol–water partition coefficient (Wildman–Crippen LogP) is 7.31. The molecule has 7 rings (SSSR count). The fraction of sp³-hybridized carbons (Fsp3) is 0.464. The summed E-state index contributed by atoms with van der Waals surface area (Å²) in [6.07, 6.45) is -0.464. The Morgan fingerprint density at radius 2 is 1.05 bits per heavy atom. The Balaban J connectivity index is 0.000000268. The van der Waals surface area contributed by atoms with Crippen molar-refractivity contribution < 1.29 is 64.6 Å². The third-order valence-electron chi connectivity index (χ3n) is 13.0. The van der Waals surface area contributed by atoms with E-state index in [1.54, 1.807) is 61.5 Å². The van der Waals surface area contributed by atoms with E-state index in [0.29, 0.717) is 36.8 Å². The molecule has 0 aliphatic carbocycles. The third kappa shape index (κ3) is 16.0. The molecule has 25 heteroatoms. The van der Waals surface area contributed by atoms with E-state index < -0.39 is 109 Å². The summed E-state index contributed by atoms with van der Waals surface area (Å²) >= 11 is 0. The Morgan fingerprint density at radius 3 is 1.46 bits per heavy atom. The number of amides is 4. The Kier molecular flexibility index (Phi) is 20.6. The van der Waals surface area contributed by atoms with Gasteiger partial charge < -0.3 is 38.9 Å². The standard InChI is InChI=1S/C31H37FN4O8S.C25H33FN4O6/c1-6-35(30(39)43-31(2,3)4)24-17-16-22(42-5)19-36-27(24)34-25(28(37)33-18-20-12-14-21(32)15-13-20)26(29(36)38)44-45(40,41)23-10-8-7-9-11-23;1-6-29(24(34)36-25(2,3)4)18-12-11-17(35-5)14-30-21(18)28-19(20(31)23(30)33)22(32)27-13-15-7-9-16(26)10-8-15/h7-15,22,24H,6,16-19H2,1-5H3,(H,33,37);7-10,17-18,31H,6,11-14H2,1-5H3,(H,27,32)/t22-,24?;17-,18?/m00/s1. The van der Waals surface area contributed by atoms with Gasteiger partial charge in [-0.1, -0.05) is 42.5 Å². The van der Waals surface area contributed by atoms with Gasteiger partial charge >= 0.3 is 22.3 Å². The molecular formula is C56H70F2N8O14S. The molecule has 0 bridgehead atoms. The number of nitrogens with one attached hydrogen (secondary N) is 2. The molecule has 2 aromatic heterocycles. The minimum atomic E-state index is -4.58. The number of methoxy groups -OCH3 is 2. The van der Waals surface area contributed by atoms with Crippen LogP contribution in [0.2, 0.25) is 0 Å². The molecule has 0 fully saturated rings. The van der Waals surface area contributed by atoms with Crippen LogP contribution >= 0.6 is 0 Å². The molecule has 0 radical (unpaired) electrons. The van der Waals surface area contributed by atoms with Crippen LogP contribution < -0.4 is 25.9 Å². The number of fused-ring (bicyclic) bond motifs is 2. The summed E-state index contributed by atoms with van der Waals surface area (Å²) in [5, 5.41) is 15.8. The highest BCUT2D eigenvalue weighted by Crippen LogP contribution is 2.34. The molecule has 3 aromatic carbocycles. The van der Waals surface area contributed by atoms with Gasteiger partial charge in [-0.15, -0.1) is 0 Å². The van der Waals surface area contributed by atoms with E-state index in [-0.39, 0.29) is 61.9 Å². The van der Waals surface area contributed by atoms with Gasteiger partial charge in [0.15, 0.2) is 11.4 Å². The Hall–Kier alpha value is -7.77. The highest BCUT2D eigenvalue weighted by Gasteiger charge is 2.39. The number of carbonyl (C=O) groups excluding carboxylic acids is 4. The summed E-state index contributed by atoms with van der Waals surface area (Å²) in [4.78, 5) is 91.8. The summed E-state index contributed by atoms with van der Waals surface area (Å²) in [5.41, 5.74) is -3.17. The molecule has 0 spiro atoms. The zero-order valence-electron chi connectivity index (χ0n) is 47.0. The van der Waals surface area contributed by atoms with Gasteiger partial charge in [0.1, 0.15) is 39.4 Å². The lowest BCUT2D eigenvalue weighted by Gasteiger charge is -2.32. The predicted molar refractivity (Wildman–Crippen MR) is 291 cm³/mol. The van der Waals surface area contributed by atoms with Crippen LogP contribution in [0.25, 0.3) is 0 Å². The Morgan fingerprint density at radius 1 is 0.642 bits per heavy atom. The number of ether oxygens (including phenoxy) is 4. The van der Waals surface area contributed by atoms with Crippen LogP contribution in [-0.4, -0.2) is 117 Å². The Labute approximate surface area is 468 Å². The number of nitrogens with zero attached hydrogens (tertiary/aromatic N) is 6. The smallest absolute Gasteiger partial charge is 0.410 e. The maximum absolute atomic E-state index is 14.2. The van der Waals surface area contributed by atoms with Crippen molar-refractivity contribution in [3.05, 3.63) is 145 Å². The molecule has 81 heavy (non-hydrogen) atoms. The van der Waals surface area contributed by atoms with E-state index >= 15 is 0 Å². The summed E-state index contributed by atoms with van der Waals surface area (Å²) in [6, 6.07) is 16.6. The largest absolute Gasteiger partial charge is 0.501 e. The number of carbonyl (C=O) groups is 4. The lowest BCUT2D eigenvalue weighted by atomic mass is 10.1. The van der Waals surface area contributed by atoms with Crippen LogP contribution in [0, 0.1) is 11.6 Å². The van der Waals surface area contributed by atoms with Gasteiger partial charge in [0.05, 0.1) is 37.4 Å². The van der Waals surface area contributed by atoms with E-state index in [4.69, 9.17) is 23.1 Å². The first-order chi connectivity index (χ1) is 38.2. The van der Waals surface area contributed by atoms with Gasteiger partial charge in [0.2, 0.25) is 11.5 Å². The zero-order chi connectivity index (χ0) is 59.6. The van der Waals surface area contributed by atoms with Crippen LogP contribution in [0.3, 0.4) is 0 Å². The highest BCUT2D eigenvalue weighted by atomic mass is 32.2. The number of benzene rings is 3. The van der Waals surface area contributed by atoms with Gasteiger partial charge in [-0.05, 0) is 129 Å². The van der Waals surface area contributed by atoms with Crippen molar-refractivity contribution in [3.8, 4) is 11.5 Å². The number of halogens is 2. The first kappa shape index (κ1) is 62.4. The van der Waals surface area contributed by atoms with Crippen LogP contribution in [0.4, 0.5) is 18.4 Å². The molecule has 2 aliphatic rings. The monoisotopic (exact) mass is 1150 g/mol.